The summed E-state index contributed by atoms with van der Waals surface area (Å²) in [6, 6.07) is 14.9. The molecule has 2 aromatic heterocycles. The van der Waals surface area contributed by atoms with E-state index in [0.717, 1.165) is 16.7 Å². The van der Waals surface area contributed by atoms with Crippen molar-refractivity contribution < 1.29 is 18.7 Å². The summed E-state index contributed by atoms with van der Waals surface area (Å²) in [5.41, 5.74) is 2.65. The first-order chi connectivity index (χ1) is 15.9. The van der Waals surface area contributed by atoms with E-state index in [1.165, 1.54) is 18.3 Å². The molecule has 0 aliphatic carbocycles. The number of hydrogen-bond donors (Lipinski definition) is 1. The predicted octanol–water partition coefficient (Wildman–Crippen LogP) is 4.36. The van der Waals surface area contributed by atoms with Crippen molar-refractivity contribution in [3.8, 4) is 11.5 Å². The molecule has 4 aromatic rings. The Morgan fingerprint density at radius 1 is 1.12 bits per heavy atom. The maximum Gasteiger partial charge on any atom is 0.272 e. The topological polar surface area (TPSA) is 81.5 Å². The van der Waals surface area contributed by atoms with Gasteiger partial charge in [-0.2, -0.15) is 0 Å². The van der Waals surface area contributed by atoms with Gasteiger partial charge in [-0.1, -0.05) is 0 Å². The number of methoxy groups -OCH3 is 1. The molecule has 8 nitrogen and oxygen atoms in total. The van der Waals surface area contributed by atoms with Gasteiger partial charge in [-0.05, 0) is 42.5 Å². The quantitative estimate of drug-likeness (QED) is 0.430. The molecule has 9 heteroatoms. The Morgan fingerprint density at radius 2 is 1.88 bits per heavy atom. The van der Waals surface area contributed by atoms with E-state index in [9.17, 15) is 9.18 Å². The summed E-state index contributed by atoms with van der Waals surface area (Å²) in [6.07, 6.45) is 1.54. The van der Waals surface area contributed by atoms with E-state index in [4.69, 9.17) is 9.47 Å². The number of hydrogen-bond acceptors (Lipinski definition) is 6. The van der Waals surface area contributed by atoms with Crippen molar-refractivity contribution in [2.75, 3.05) is 32.6 Å². The zero-order valence-electron chi connectivity index (χ0n) is 18.6. The standard InChI is InChI=1S/C24H24FN5O3/c1-29(12-13-32-3)23(31)21-15-19(10-11-26-21)33-18-8-9-22-20(14-18)28-24(30(22)2)27-17-6-4-16(25)5-7-17/h4-11,14-15H,12-13H2,1-3H3,(H,27,28). The highest BCUT2D eigenvalue weighted by Crippen LogP contribution is 2.28. The molecule has 170 valence electrons. The molecule has 1 N–H and O–H groups in total. The first kappa shape index (κ1) is 22.2. The molecule has 0 saturated heterocycles. The lowest BCUT2D eigenvalue weighted by Crippen LogP contribution is -2.30. The van der Waals surface area contributed by atoms with Crippen molar-refractivity contribution in [3.63, 3.8) is 0 Å². The van der Waals surface area contributed by atoms with Crippen molar-refractivity contribution in [2.45, 2.75) is 0 Å². The van der Waals surface area contributed by atoms with E-state index in [1.807, 2.05) is 29.8 Å². The van der Waals surface area contributed by atoms with Crippen LogP contribution in [-0.2, 0) is 11.8 Å². The van der Waals surface area contributed by atoms with Crippen LogP contribution in [0.15, 0.2) is 60.8 Å². The third kappa shape index (κ3) is 5.09. The Balaban J connectivity index is 1.52. The number of carbonyl (C=O) groups is 1. The van der Waals surface area contributed by atoms with Gasteiger partial charge in [-0.25, -0.2) is 9.37 Å². The fourth-order valence-electron chi connectivity index (χ4n) is 3.27. The number of carbonyl (C=O) groups excluding carboxylic acids is 1. The fourth-order valence-corrected chi connectivity index (χ4v) is 3.27. The first-order valence-corrected chi connectivity index (χ1v) is 10.3. The second-order valence-electron chi connectivity index (χ2n) is 7.48. The van der Waals surface area contributed by atoms with E-state index in [0.29, 0.717) is 30.6 Å². The largest absolute Gasteiger partial charge is 0.457 e. The molecule has 0 fully saturated rings. The highest BCUT2D eigenvalue weighted by molar-refractivity contribution is 5.92. The van der Waals surface area contributed by atoms with Crippen LogP contribution in [0.1, 0.15) is 10.5 Å². The summed E-state index contributed by atoms with van der Waals surface area (Å²) in [4.78, 5) is 22.9. The van der Waals surface area contributed by atoms with E-state index >= 15 is 0 Å². The molecule has 0 saturated carbocycles. The Morgan fingerprint density at radius 3 is 2.64 bits per heavy atom. The van der Waals surface area contributed by atoms with E-state index in [1.54, 1.807) is 43.3 Å². The molecule has 0 aliphatic heterocycles. The molecule has 0 aliphatic rings. The van der Waals surface area contributed by atoms with Gasteiger partial charge in [0, 0.05) is 51.8 Å². The molecule has 0 spiro atoms. The fraction of sp³-hybridized carbons (Fsp3) is 0.208. The molecule has 2 aromatic carbocycles. The number of fused-ring (bicyclic) bond motifs is 1. The summed E-state index contributed by atoms with van der Waals surface area (Å²) in [5, 5.41) is 3.19. The summed E-state index contributed by atoms with van der Waals surface area (Å²) in [6.45, 7) is 0.910. The summed E-state index contributed by atoms with van der Waals surface area (Å²) in [7, 11) is 5.18. The minimum absolute atomic E-state index is 0.214. The number of pyridine rings is 1. The van der Waals surface area contributed by atoms with Crippen molar-refractivity contribution in [1.29, 1.82) is 0 Å². The van der Waals surface area contributed by atoms with Crippen LogP contribution in [0, 0.1) is 5.82 Å². The molecule has 0 atom stereocenters. The monoisotopic (exact) mass is 449 g/mol. The number of imidazole rings is 1. The number of aromatic nitrogens is 3. The van der Waals surface area contributed by atoms with Crippen LogP contribution in [-0.4, -0.2) is 52.7 Å². The summed E-state index contributed by atoms with van der Waals surface area (Å²) in [5.74, 6) is 1.17. The van der Waals surface area contributed by atoms with Crippen molar-refractivity contribution in [2.24, 2.45) is 7.05 Å². The lowest BCUT2D eigenvalue weighted by Gasteiger charge is -2.16. The molecule has 0 unspecified atom stereocenters. The van der Waals surface area contributed by atoms with Crippen LogP contribution in [0.3, 0.4) is 0 Å². The minimum atomic E-state index is -0.296. The molecule has 2 heterocycles. The smallest absolute Gasteiger partial charge is 0.272 e. The Bertz CT molecular complexity index is 1270. The van der Waals surface area contributed by atoms with Crippen LogP contribution in [0.2, 0.25) is 0 Å². The van der Waals surface area contributed by atoms with Gasteiger partial charge in [0.05, 0.1) is 17.6 Å². The number of likely N-dealkylation sites (N-methyl/N-ethyl adjacent to an activating group) is 1. The number of rotatable bonds is 8. The van der Waals surface area contributed by atoms with E-state index < -0.39 is 0 Å². The van der Waals surface area contributed by atoms with Gasteiger partial charge in [-0.15, -0.1) is 0 Å². The van der Waals surface area contributed by atoms with Gasteiger partial charge in [0.1, 0.15) is 23.0 Å². The molecular formula is C24H24FN5O3. The van der Waals surface area contributed by atoms with Gasteiger partial charge >= 0.3 is 0 Å². The number of amides is 1. The number of nitrogens with one attached hydrogen (secondary N) is 1. The highest BCUT2D eigenvalue weighted by atomic mass is 19.1. The number of benzene rings is 2. The van der Waals surface area contributed by atoms with Crippen LogP contribution in [0.4, 0.5) is 16.0 Å². The zero-order valence-corrected chi connectivity index (χ0v) is 18.6. The molecule has 0 bridgehead atoms. The first-order valence-electron chi connectivity index (χ1n) is 10.3. The minimum Gasteiger partial charge on any atom is -0.457 e. The van der Waals surface area contributed by atoms with Gasteiger partial charge in [0.15, 0.2) is 0 Å². The molecule has 33 heavy (non-hydrogen) atoms. The van der Waals surface area contributed by atoms with Crippen molar-refractivity contribution in [1.82, 2.24) is 19.4 Å². The Labute approximate surface area is 190 Å². The number of ether oxygens (including phenoxy) is 2. The maximum absolute atomic E-state index is 13.2. The van der Waals surface area contributed by atoms with E-state index in [-0.39, 0.29) is 17.4 Å². The average Bonchev–Trinajstić information content (AvgIpc) is 3.13. The van der Waals surface area contributed by atoms with Gasteiger partial charge < -0.3 is 24.3 Å². The molecule has 4 rings (SSSR count). The van der Waals surface area contributed by atoms with Crippen LogP contribution in [0.5, 0.6) is 11.5 Å². The third-order valence-corrected chi connectivity index (χ3v) is 5.12. The number of aryl methyl sites for hydroxylation is 1. The normalized spacial score (nSPS) is 10.9. The number of halogens is 1. The Hall–Kier alpha value is -3.98. The summed E-state index contributed by atoms with van der Waals surface area (Å²) < 4.78 is 26.1. The summed E-state index contributed by atoms with van der Waals surface area (Å²) >= 11 is 0. The maximum atomic E-state index is 13.2. The number of anilines is 2. The second kappa shape index (κ2) is 9.66. The van der Waals surface area contributed by atoms with E-state index in [2.05, 4.69) is 15.3 Å². The number of nitrogens with zero attached hydrogens (tertiary/aromatic N) is 4. The molecular weight excluding hydrogens is 425 g/mol. The molecule has 0 radical (unpaired) electrons. The van der Waals surface area contributed by atoms with Gasteiger partial charge in [0.2, 0.25) is 5.95 Å². The average molecular weight is 449 g/mol. The predicted molar refractivity (Wildman–Crippen MR) is 124 cm³/mol. The van der Waals surface area contributed by atoms with Crippen LogP contribution in [0.25, 0.3) is 11.0 Å². The van der Waals surface area contributed by atoms with Crippen LogP contribution < -0.4 is 10.1 Å². The van der Waals surface area contributed by atoms with Crippen molar-refractivity contribution >= 4 is 28.6 Å². The third-order valence-electron chi connectivity index (χ3n) is 5.12. The van der Waals surface area contributed by atoms with Crippen molar-refractivity contribution in [3.05, 3.63) is 72.3 Å². The van der Waals surface area contributed by atoms with Gasteiger partial charge in [-0.3, -0.25) is 9.78 Å². The zero-order chi connectivity index (χ0) is 23.4. The lowest BCUT2D eigenvalue weighted by molar-refractivity contribution is 0.0738. The SMILES string of the molecule is COCCN(C)C(=O)c1cc(Oc2ccc3c(c2)nc(Nc2ccc(F)cc2)n3C)ccn1. The highest BCUT2D eigenvalue weighted by Gasteiger charge is 2.15. The van der Waals surface area contributed by atoms with Gasteiger partial charge in [0.25, 0.3) is 5.91 Å². The Kier molecular flexibility index (Phi) is 6.50. The molecule has 1 amide bonds. The second-order valence-corrected chi connectivity index (χ2v) is 7.48. The lowest BCUT2D eigenvalue weighted by atomic mass is 10.3. The van der Waals surface area contributed by atoms with Crippen LogP contribution >= 0.6 is 0 Å².